The van der Waals surface area contributed by atoms with Crippen molar-refractivity contribution in [3.8, 4) is 11.8 Å². The van der Waals surface area contributed by atoms with Gasteiger partial charge >= 0.3 is 0 Å². The van der Waals surface area contributed by atoms with Crippen LogP contribution in [0.25, 0.3) is 0 Å². The predicted molar refractivity (Wildman–Crippen MR) is 86.9 cm³/mol. The van der Waals surface area contributed by atoms with E-state index >= 15 is 0 Å². The molecule has 0 unspecified atom stereocenters. The van der Waals surface area contributed by atoms with Gasteiger partial charge in [-0.25, -0.2) is 8.42 Å². The number of primary amides is 1. The van der Waals surface area contributed by atoms with E-state index in [1.54, 1.807) is 0 Å². The molecule has 0 spiro atoms. The molecule has 0 bridgehead atoms. The number of unbranched alkanes of at least 4 members (excludes halogenated alkanes) is 3. The monoisotopic (exact) mass is 351 g/mol. The Hall–Kier alpha value is -2.21. The molecule has 0 heterocycles. The van der Waals surface area contributed by atoms with Crippen LogP contribution >= 0.6 is 0 Å². The van der Waals surface area contributed by atoms with Crippen LogP contribution in [0.1, 0.15) is 38.2 Å². The Balaban J connectivity index is 2.91. The molecule has 1 atom stereocenters. The van der Waals surface area contributed by atoms with E-state index in [1.165, 1.54) is 24.3 Å². The zero-order valence-electron chi connectivity index (χ0n) is 13.2. The van der Waals surface area contributed by atoms with Crippen LogP contribution in [-0.2, 0) is 19.6 Å². The van der Waals surface area contributed by atoms with Gasteiger partial charge in [0.25, 0.3) is 10.0 Å². The van der Waals surface area contributed by atoms with Gasteiger partial charge in [-0.3, -0.25) is 14.8 Å². The van der Waals surface area contributed by atoms with Gasteiger partial charge in [-0.05, 0) is 30.7 Å². The second-order valence-corrected chi connectivity index (χ2v) is 6.78. The maximum atomic E-state index is 12.1. The summed E-state index contributed by atoms with van der Waals surface area (Å²) in [5, 5.41) is 9.61. The maximum Gasteiger partial charge on any atom is 0.266 e. The molecule has 0 aliphatic heterocycles. The molecule has 0 fully saturated rings. The van der Waals surface area contributed by atoms with E-state index in [4.69, 9.17) is 5.73 Å². The highest BCUT2D eigenvalue weighted by atomic mass is 32.2. The van der Waals surface area contributed by atoms with Crippen LogP contribution < -0.4 is 5.73 Å². The second kappa shape index (κ2) is 9.17. The smallest absolute Gasteiger partial charge is 0.266 e. The van der Waals surface area contributed by atoms with Crippen molar-refractivity contribution in [2.45, 2.75) is 43.5 Å². The van der Waals surface area contributed by atoms with Gasteiger partial charge in [-0.1, -0.05) is 36.1 Å². The SMILES string of the molecule is CCCCCC#Cc1ccc(S(=O)(=O)N(O)[C@H]([C]=O)C(N)=O)cc1. The molecule has 0 aliphatic rings. The molecule has 0 saturated carbocycles. The van der Waals surface area contributed by atoms with Gasteiger partial charge in [0.05, 0.1) is 4.90 Å². The first kappa shape index (κ1) is 19.8. The molecule has 1 aromatic rings. The zero-order valence-corrected chi connectivity index (χ0v) is 14.0. The first-order valence-electron chi connectivity index (χ1n) is 7.33. The molecule has 8 heteroatoms. The lowest BCUT2D eigenvalue weighted by Gasteiger charge is -2.17. The molecule has 129 valence electrons. The Morgan fingerprint density at radius 1 is 1.29 bits per heavy atom. The van der Waals surface area contributed by atoms with E-state index in [0.29, 0.717) is 5.56 Å². The number of nitrogens with zero attached hydrogens (tertiary/aromatic N) is 1. The second-order valence-electron chi connectivity index (χ2n) is 4.98. The highest BCUT2D eigenvalue weighted by molar-refractivity contribution is 7.89. The van der Waals surface area contributed by atoms with E-state index in [9.17, 15) is 23.2 Å². The number of nitrogens with two attached hydrogens (primary N) is 1. The van der Waals surface area contributed by atoms with Crippen molar-refractivity contribution in [1.82, 2.24) is 4.47 Å². The Labute approximate surface area is 141 Å². The number of carbonyl (C=O) groups excluding carboxylic acids is 2. The standard InChI is InChI=1S/C16H19N2O5S/c1-2-3-4-5-6-7-13-8-10-14(11-9-13)24(22,23)18(21)15(12-19)16(17)20/h8-11,15,21H,2-5H2,1H3,(H2,17,20)/t15-/m1/s1. The molecule has 1 radical (unpaired) electrons. The van der Waals surface area contributed by atoms with Crippen molar-refractivity contribution in [2.75, 3.05) is 0 Å². The van der Waals surface area contributed by atoms with Crippen molar-refractivity contribution in [2.24, 2.45) is 5.73 Å². The summed E-state index contributed by atoms with van der Waals surface area (Å²) in [5.41, 5.74) is 5.46. The minimum atomic E-state index is -4.47. The first-order valence-corrected chi connectivity index (χ1v) is 8.77. The number of rotatable bonds is 8. The van der Waals surface area contributed by atoms with E-state index in [-0.39, 0.29) is 4.90 Å². The van der Waals surface area contributed by atoms with E-state index in [0.717, 1.165) is 32.0 Å². The average molecular weight is 351 g/mol. The highest BCUT2D eigenvalue weighted by Gasteiger charge is 2.34. The van der Waals surface area contributed by atoms with Crippen molar-refractivity contribution >= 4 is 22.2 Å². The Morgan fingerprint density at radius 3 is 2.42 bits per heavy atom. The molecule has 0 saturated heterocycles. The maximum absolute atomic E-state index is 12.1. The van der Waals surface area contributed by atoms with Crippen LogP contribution in [0.5, 0.6) is 0 Å². The van der Waals surface area contributed by atoms with Crippen LogP contribution in [0.3, 0.4) is 0 Å². The number of hydroxylamine groups is 1. The lowest BCUT2D eigenvalue weighted by molar-refractivity contribution is -0.126. The van der Waals surface area contributed by atoms with Gasteiger partial charge in [0, 0.05) is 12.0 Å². The lowest BCUT2D eigenvalue weighted by atomic mass is 10.2. The van der Waals surface area contributed by atoms with Gasteiger partial charge in [-0.15, -0.1) is 0 Å². The summed E-state index contributed by atoms with van der Waals surface area (Å²) in [6.07, 6.45) is 5.06. The molecular formula is C16H19N2O5S. The number of sulfonamides is 1. The lowest BCUT2D eigenvalue weighted by Crippen LogP contribution is -2.46. The fourth-order valence-electron chi connectivity index (χ4n) is 1.80. The summed E-state index contributed by atoms with van der Waals surface area (Å²) in [5.74, 6) is 4.57. The summed E-state index contributed by atoms with van der Waals surface area (Å²) in [6.45, 7) is 2.10. The fraction of sp³-hybridized carbons (Fsp3) is 0.375. The number of hydrogen-bond donors (Lipinski definition) is 2. The summed E-state index contributed by atoms with van der Waals surface area (Å²) in [7, 11) is -4.47. The van der Waals surface area contributed by atoms with Crippen LogP contribution in [0.15, 0.2) is 29.2 Å². The van der Waals surface area contributed by atoms with Gasteiger partial charge in [0.2, 0.25) is 12.2 Å². The molecule has 1 aromatic carbocycles. The van der Waals surface area contributed by atoms with Crippen molar-refractivity contribution in [1.29, 1.82) is 0 Å². The molecule has 3 N–H and O–H groups in total. The van der Waals surface area contributed by atoms with Gasteiger partial charge in [0.15, 0.2) is 6.04 Å². The molecule has 1 rings (SSSR count). The topological polar surface area (TPSA) is 118 Å². The third-order valence-corrected chi connectivity index (χ3v) is 4.71. The first-order chi connectivity index (χ1) is 11.3. The molecule has 0 aliphatic carbocycles. The van der Waals surface area contributed by atoms with Crippen molar-refractivity contribution in [3.05, 3.63) is 29.8 Å². The Bertz CT molecular complexity index is 732. The van der Waals surface area contributed by atoms with E-state index in [1.807, 2.05) is 0 Å². The Morgan fingerprint density at radius 2 is 1.92 bits per heavy atom. The third kappa shape index (κ3) is 5.16. The van der Waals surface area contributed by atoms with Crippen molar-refractivity contribution < 1.29 is 23.2 Å². The van der Waals surface area contributed by atoms with E-state index in [2.05, 4.69) is 18.8 Å². The fourth-order valence-corrected chi connectivity index (χ4v) is 2.92. The summed E-state index contributed by atoms with van der Waals surface area (Å²) >= 11 is 0. The van der Waals surface area contributed by atoms with Crippen LogP contribution in [0.2, 0.25) is 0 Å². The minimum Gasteiger partial charge on any atom is -0.368 e. The van der Waals surface area contributed by atoms with Crippen LogP contribution in [0, 0.1) is 11.8 Å². The zero-order chi connectivity index (χ0) is 18.2. The van der Waals surface area contributed by atoms with Crippen molar-refractivity contribution in [3.63, 3.8) is 0 Å². The van der Waals surface area contributed by atoms with Gasteiger partial charge in [-0.2, -0.15) is 0 Å². The highest BCUT2D eigenvalue weighted by Crippen LogP contribution is 2.16. The predicted octanol–water partition coefficient (Wildman–Crippen LogP) is 0.962. The molecule has 0 aromatic heterocycles. The average Bonchev–Trinajstić information content (AvgIpc) is 2.55. The summed E-state index contributed by atoms with van der Waals surface area (Å²) in [6, 6.07) is 3.28. The molecule has 24 heavy (non-hydrogen) atoms. The van der Waals surface area contributed by atoms with E-state index < -0.39 is 26.4 Å². The largest absolute Gasteiger partial charge is 0.368 e. The van der Waals surface area contributed by atoms with Crippen LogP contribution in [-0.4, -0.2) is 36.3 Å². The normalized spacial score (nSPS) is 12.3. The minimum absolute atomic E-state index is 0.303. The number of carbonyl (C=O) groups is 1. The molecule has 7 nitrogen and oxygen atoms in total. The van der Waals surface area contributed by atoms with Gasteiger partial charge < -0.3 is 5.73 Å². The van der Waals surface area contributed by atoms with Crippen LogP contribution in [0.4, 0.5) is 0 Å². The molecule has 1 amide bonds. The number of amides is 1. The summed E-state index contributed by atoms with van der Waals surface area (Å²) in [4.78, 5) is 21.3. The Kier molecular flexibility index (Phi) is 7.58. The number of benzene rings is 1. The summed E-state index contributed by atoms with van der Waals surface area (Å²) < 4.78 is 23.9. The number of hydrogen-bond acceptors (Lipinski definition) is 5. The van der Waals surface area contributed by atoms with Gasteiger partial charge in [0.1, 0.15) is 0 Å². The molecular weight excluding hydrogens is 332 g/mol. The quantitative estimate of drug-likeness (QED) is 0.313. The third-order valence-electron chi connectivity index (χ3n) is 3.14.